The summed E-state index contributed by atoms with van der Waals surface area (Å²) in [6.07, 6.45) is -0.559. The van der Waals surface area contributed by atoms with Crippen LogP contribution in [0.5, 0.6) is 0 Å². The molecule has 1 heterocycles. The van der Waals surface area contributed by atoms with E-state index < -0.39 is 6.10 Å². The van der Waals surface area contributed by atoms with Gasteiger partial charge in [-0.15, -0.1) is 0 Å². The van der Waals surface area contributed by atoms with Crippen LogP contribution >= 0.6 is 22.6 Å². The number of pyridine rings is 1. The third-order valence-electron chi connectivity index (χ3n) is 3.98. The number of hydrogen-bond donors (Lipinski definition) is 1. The van der Waals surface area contributed by atoms with Gasteiger partial charge >= 0.3 is 0 Å². The number of nitrogens with zero attached hydrogens (tertiary/aromatic N) is 1. The second kappa shape index (κ2) is 8.88. The lowest BCUT2D eigenvalue weighted by molar-refractivity contribution is 0.0424. The maximum absolute atomic E-state index is 14.2. The Morgan fingerprint density at radius 3 is 2.69 bits per heavy atom. The number of ketones is 1. The van der Waals surface area contributed by atoms with Crippen molar-refractivity contribution >= 4 is 28.4 Å². The molecule has 0 aliphatic rings. The molecule has 5 nitrogen and oxygen atoms in total. The maximum atomic E-state index is 14.2. The Labute approximate surface area is 164 Å². The molecular weight excluding hydrogens is 452 g/mol. The van der Waals surface area contributed by atoms with Crippen LogP contribution in [0.2, 0.25) is 0 Å². The predicted octanol–water partition coefficient (Wildman–Crippen LogP) is 2.61. The van der Waals surface area contributed by atoms with Gasteiger partial charge in [0.15, 0.2) is 5.78 Å². The second-order valence-corrected chi connectivity index (χ2v) is 7.50. The smallest absolute Gasteiger partial charge is 0.253 e. The average Bonchev–Trinajstić information content (AvgIpc) is 2.56. The van der Waals surface area contributed by atoms with Gasteiger partial charge in [-0.05, 0) is 60.2 Å². The van der Waals surface area contributed by atoms with Crippen LogP contribution in [0.4, 0.5) is 4.39 Å². The molecule has 1 aromatic heterocycles. The lowest BCUT2D eigenvalue weighted by Gasteiger charge is -2.16. The van der Waals surface area contributed by atoms with E-state index in [9.17, 15) is 19.1 Å². The minimum Gasteiger partial charge on any atom is -0.391 e. The van der Waals surface area contributed by atoms with Crippen molar-refractivity contribution in [2.24, 2.45) is 7.05 Å². The van der Waals surface area contributed by atoms with Crippen molar-refractivity contribution in [1.82, 2.24) is 4.57 Å². The van der Waals surface area contributed by atoms with Gasteiger partial charge in [0.05, 0.1) is 12.7 Å². The van der Waals surface area contributed by atoms with Crippen LogP contribution in [0.25, 0.3) is 0 Å². The predicted molar refractivity (Wildman–Crippen MR) is 105 cm³/mol. The summed E-state index contributed by atoms with van der Waals surface area (Å²) < 4.78 is 21.6. The molecule has 26 heavy (non-hydrogen) atoms. The van der Waals surface area contributed by atoms with Crippen molar-refractivity contribution in [3.05, 3.63) is 66.4 Å². The molecular formula is C19H21FINO4. The Hall–Kier alpha value is -1.58. The summed E-state index contributed by atoms with van der Waals surface area (Å²) in [5.41, 5.74) is 1.37. The van der Waals surface area contributed by atoms with Gasteiger partial charge in [0.25, 0.3) is 5.56 Å². The third kappa shape index (κ3) is 4.99. The van der Waals surface area contributed by atoms with Crippen molar-refractivity contribution in [2.45, 2.75) is 26.4 Å². The summed E-state index contributed by atoms with van der Waals surface area (Å²) in [6, 6.07) is 6.36. The molecule has 2 rings (SSSR count). The van der Waals surface area contributed by atoms with Gasteiger partial charge in [0.2, 0.25) is 0 Å². The number of Topliss-reactive ketones (excluding diaryl/α,β-unsaturated/α-hetero) is 1. The van der Waals surface area contributed by atoms with Crippen molar-refractivity contribution in [3.63, 3.8) is 0 Å². The normalized spacial score (nSPS) is 12.2. The van der Waals surface area contributed by atoms with Crippen molar-refractivity contribution < 1.29 is 19.0 Å². The summed E-state index contributed by atoms with van der Waals surface area (Å²) in [6.45, 7) is 3.01. The van der Waals surface area contributed by atoms with E-state index in [1.54, 1.807) is 33.0 Å². The number of hydrogen-bond acceptors (Lipinski definition) is 4. The number of aliphatic hydroxyl groups excluding tert-OH is 1. The van der Waals surface area contributed by atoms with Gasteiger partial charge in [-0.25, -0.2) is 4.39 Å². The fourth-order valence-electron chi connectivity index (χ4n) is 2.63. The number of aliphatic hydroxyl groups is 1. The Balaban J connectivity index is 2.41. The highest BCUT2D eigenvalue weighted by atomic mass is 127. The molecule has 0 unspecified atom stereocenters. The summed E-state index contributed by atoms with van der Waals surface area (Å²) in [4.78, 5) is 24.9. The Morgan fingerprint density at radius 1 is 1.38 bits per heavy atom. The zero-order chi connectivity index (χ0) is 19.4. The van der Waals surface area contributed by atoms with Gasteiger partial charge in [0, 0.05) is 33.9 Å². The number of carbonyl (C=O) groups excluding carboxylic acids is 1. The second-order valence-electron chi connectivity index (χ2n) is 6.25. The largest absolute Gasteiger partial charge is 0.391 e. The first-order valence-corrected chi connectivity index (χ1v) is 9.21. The van der Waals surface area contributed by atoms with Crippen LogP contribution in [0.1, 0.15) is 34.1 Å². The highest BCUT2D eigenvalue weighted by molar-refractivity contribution is 14.1. The Bertz CT molecular complexity index is 877. The molecule has 1 aromatic carbocycles. The lowest BCUT2D eigenvalue weighted by atomic mass is 10.00. The van der Waals surface area contributed by atoms with E-state index in [0.717, 1.165) is 3.57 Å². The SMILES string of the molecule is Cc1cc(C(=O)COC[C@H](C)O)c(Cc2ccc(I)cc2F)n(C)c1=O. The van der Waals surface area contributed by atoms with E-state index in [4.69, 9.17) is 4.74 Å². The van der Waals surface area contributed by atoms with Gasteiger partial charge < -0.3 is 14.4 Å². The van der Waals surface area contributed by atoms with E-state index in [1.165, 1.54) is 16.7 Å². The van der Waals surface area contributed by atoms with Crippen LogP contribution in [0, 0.1) is 16.3 Å². The average molecular weight is 473 g/mol. The first-order valence-electron chi connectivity index (χ1n) is 8.13. The summed E-state index contributed by atoms with van der Waals surface area (Å²) in [5, 5.41) is 9.24. The van der Waals surface area contributed by atoms with Gasteiger partial charge in [0.1, 0.15) is 12.4 Å². The van der Waals surface area contributed by atoms with E-state index in [0.29, 0.717) is 22.4 Å². The van der Waals surface area contributed by atoms with Crippen molar-refractivity contribution in [2.75, 3.05) is 13.2 Å². The number of aromatic nitrogens is 1. The standard InChI is InChI=1S/C19H21FINO4/c1-11-6-15(18(24)10-26-9-12(2)23)17(22(3)19(11)25)7-13-4-5-14(21)8-16(13)20/h4-6,8,12,23H,7,9-10H2,1-3H3/t12-/m0/s1. The Morgan fingerprint density at radius 2 is 2.08 bits per heavy atom. The number of halogens is 2. The number of carbonyl (C=O) groups is 1. The quantitative estimate of drug-likeness (QED) is 0.496. The summed E-state index contributed by atoms with van der Waals surface area (Å²) >= 11 is 2.02. The molecule has 0 aliphatic carbocycles. The lowest BCUT2D eigenvalue weighted by Crippen LogP contribution is -2.27. The molecule has 1 N–H and O–H groups in total. The number of benzene rings is 1. The topological polar surface area (TPSA) is 68.5 Å². The van der Waals surface area contributed by atoms with Crippen LogP contribution in [0.3, 0.4) is 0 Å². The van der Waals surface area contributed by atoms with E-state index >= 15 is 0 Å². The molecule has 0 saturated heterocycles. The fourth-order valence-corrected chi connectivity index (χ4v) is 3.08. The number of rotatable bonds is 7. The zero-order valence-corrected chi connectivity index (χ0v) is 17.0. The van der Waals surface area contributed by atoms with Gasteiger partial charge in [-0.2, -0.15) is 0 Å². The molecule has 0 aliphatic heterocycles. The van der Waals surface area contributed by atoms with Crippen molar-refractivity contribution in [1.29, 1.82) is 0 Å². The molecule has 0 spiro atoms. The molecule has 0 amide bonds. The first-order chi connectivity index (χ1) is 12.2. The first kappa shape index (κ1) is 20.7. The highest BCUT2D eigenvalue weighted by Crippen LogP contribution is 2.19. The van der Waals surface area contributed by atoms with E-state index in [2.05, 4.69) is 0 Å². The van der Waals surface area contributed by atoms with Crippen LogP contribution in [0.15, 0.2) is 29.1 Å². The van der Waals surface area contributed by atoms with E-state index in [1.807, 2.05) is 22.6 Å². The van der Waals surface area contributed by atoms with Crippen LogP contribution in [-0.2, 0) is 18.2 Å². The summed E-state index contributed by atoms with van der Waals surface area (Å²) in [5.74, 6) is -0.695. The fraction of sp³-hybridized carbons (Fsp3) is 0.368. The zero-order valence-electron chi connectivity index (χ0n) is 14.9. The minimum atomic E-state index is -0.676. The molecule has 2 aromatic rings. The Kier molecular flexibility index (Phi) is 7.08. The number of ether oxygens (including phenoxy) is 1. The van der Waals surface area contributed by atoms with Crippen LogP contribution in [-0.4, -0.2) is 34.8 Å². The summed E-state index contributed by atoms with van der Waals surface area (Å²) in [7, 11) is 1.57. The molecule has 0 fully saturated rings. The van der Waals surface area contributed by atoms with Crippen molar-refractivity contribution in [3.8, 4) is 0 Å². The molecule has 0 saturated carbocycles. The third-order valence-corrected chi connectivity index (χ3v) is 4.66. The minimum absolute atomic E-state index is 0.0393. The molecule has 7 heteroatoms. The van der Waals surface area contributed by atoms with E-state index in [-0.39, 0.29) is 36.8 Å². The van der Waals surface area contributed by atoms with Crippen LogP contribution < -0.4 is 5.56 Å². The molecule has 140 valence electrons. The molecule has 0 radical (unpaired) electrons. The highest BCUT2D eigenvalue weighted by Gasteiger charge is 2.19. The molecule has 0 bridgehead atoms. The van der Waals surface area contributed by atoms with Gasteiger partial charge in [-0.3, -0.25) is 9.59 Å². The molecule has 1 atom stereocenters. The number of aryl methyl sites for hydroxylation is 1. The van der Waals surface area contributed by atoms with Gasteiger partial charge in [-0.1, -0.05) is 6.07 Å². The monoisotopic (exact) mass is 473 g/mol. The maximum Gasteiger partial charge on any atom is 0.253 e.